The number of hydrogen-bond donors (Lipinski definition) is 1. The quantitative estimate of drug-likeness (QED) is 0.756. The molecule has 0 spiro atoms. The van der Waals surface area contributed by atoms with Gasteiger partial charge in [0.2, 0.25) is 0 Å². The van der Waals surface area contributed by atoms with Gasteiger partial charge in [-0.3, -0.25) is 4.98 Å². The number of nitrogen functional groups attached to an aromatic ring is 1. The molecule has 2 rings (SSSR count). The molecule has 82 valence electrons. The minimum atomic E-state index is -1.25. The Morgan fingerprint density at radius 3 is 2.19 bits per heavy atom. The third kappa shape index (κ3) is 1.81. The number of anilines is 1. The Hall–Kier alpha value is -2.11. The van der Waals surface area contributed by atoms with Crippen LogP contribution in [0.1, 0.15) is 0 Å². The molecular weight excluding hydrogens is 219 g/mol. The van der Waals surface area contributed by atoms with Gasteiger partial charge in [-0.05, 0) is 6.07 Å². The standard InChI is InChI=1S/C10H6F3N3/c11-6-2-8(13)7(12)1-5(6)9-3-16-10(14)4-15-9/h1-4H,(H2,14,16). The van der Waals surface area contributed by atoms with Gasteiger partial charge in [0.25, 0.3) is 0 Å². The molecule has 0 bridgehead atoms. The van der Waals surface area contributed by atoms with E-state index in [0.29, 0.717) is 6.07 Å². The molecule has 0 amide bonds. The van der Waals surface area contributed by atoms with Gasteiger partial charge in [0.05, 0.1) is 18.1 Å². The van der Waals surface area contributed by atoms with E-state index in [4.69, 9.17) is 5.73 Å². The van der Waals surface area contributed by atoms with E-state index in [2.05, 4.69) is 9.97 Å². The van der Waals surface area contributed by atoms with Crippen molar-refractivity contribution in [1.82, 2.24) is 9.97 Å². The number of rotatable bonds is 1. The Morgan fingerprint density at radius 2 is 1.56 bits per heavy atom. The maximum absolute atomic E-state index is 13.3. The fourth-order valence-electron chi connectivity index (χ4n) is 1.20. The van der Waals surface area contributed by atoms with Gasteiger partial charge in [-0.1, -0.05) is 0 Å². The number of aromatic nitrogens is 2. The van der Waals surface area contributed by atoms with Crippen molar-refractivity contribution in [3.05, 3.63) is 42.0 Å². The van der Waals surface area contributed by atoms with Crippen LogP contribution < -0.4 is 5.73 Å². The van der Waals surface area contributed by atoms with E-state index >= 15 is 0 Å². The lowest BCUT2D eigenvalue weighted by molar-refractivity contribution is 0.496. The molecule has 3 nitrogen and oxygen atoms in total. The predicted molar refractivity (Wildman–Crippen MR) is 51.8 cm³/mol. The van der Waals surface area contributed by atoms with E-state index in [1.165, 1.54) is 12.4 Å². The Balaban J connectivity index is 2.56. The first-order valence-corrected chi connectivity index (χ1v) is 4.30. The number of nitrogens with zero attached hydrogens (tertiary/aromatic N) is 2. The molecule has 2 N–H and O–H groups in total. The first-order chi connectivity index (χ1) is 7.58. The maximum Gasteiger partial charge on any atom is 0.161 e. The van der Waals surface area contributed by atoms with Crippen molar-refractivity contribution in [2.24, 2.45) is 0 Å². The van der Waals surface area contributed by atoms with Gasteiger partial charge in [0.15, 0.2) is 11.6 Å². The second kappa shape index (κ2) is 3.80. The molecule has 2 aromatic rings. The lowest BCUT2D eigenvalue weighted by Crippen LogP contribution is -1.96. The van der Waals surface area contributed by atoms with Crippen LogP contribution in [0.3, 0.4) is 0 Å². The minimum Gasteiger partial charge on any atom is -0.382 e. The summed E-state index contributed by atoms with van der Waals surface area (Å²) in [4.78, 5) is 7.44. The Morgan fingerprint density at radius 1 is 0.875 bits per heavy atom. The van der Waals surface area contributed by atoms with E-state index < -0.39 is 17.5 Å². The molecule has 0 unspecified atom stereocenters. The van der Waals surface area contributed by atoms with Crippen molar-refractivity contribution in [2.75, 3.05) is 5.73 Å². The van der Waals surface area contributed by atoms with Crippen LogP contribution in [0.5, 0.6) is 0 Å². The molecule has 0 aliphatic carbocycles. The third-order valence-corrected chi connectivity index (χ3v) is 1.96. The maximum atomic E-state index is 13.3. The summed E-state index contributed by atoms with van der Waals surface area (Å²) >= 11 is 0. The summed E-state index contributed by atoms with van der Waals surface area (Å²) in [6.07, 6.45) is 2.39. The molecule has 0 radical (unpaired) electrons. The van der Waals surface area contributed by atoms with Gasteiger partial charge in [0.1, 0.15) is 11.6 Å². The number of hydrogen-bond acceptors (Lipinski definition) is 3. The van der Waals surface area contributed by atoms with Crippen LogP contribution in [0.2, 0.25) is 0 Å². The van der Waals surface area contributed by atoms with Gasteiger partial charge in [-0.2, -0.15) is 0 Å². The smallest absolute Gasteiger partial charge is 0.161 e. The minimum absolute atomic E-state index is 0.0885. The largest absolute Gasteiger partial charge is 0.382 e. The zero-order chi connectivity index (χ0) is 11.7. The molecule has 16 heavy (non-hydrogen) atoms. The Labute approximate surface area is 88.8 Å². The highest BCUT2D eigenvalue weighted by atomic mass is 19.2. The van der Waals surface area contributed by atoms with Crippen LogP contribution in [-0.4, -0.2) is 9.97 Å². The highest BCUT2D eigenvalue weighted by Gasteiger charge is 2.12. The van der Waals surface area contributed by atoms with E-state index in [1.807, 2.05) is 0 Å². The van der Waals surface area contributed by atoms with Crippen molar-refractivity contribution < 1.29 is 13.2 Å². The first kappa shape index (κ1) is 10.4. The summed E-state index contributed by atoms with van der Waals surface area (Å²) in [7, 11) is 0. The molecule has 0 aliphatic heterocycles. The average molecular weight is 225 g/mol. The summed E-state index contributed by atoms with van der Waals surface area (Å²) in [6, 6.07) is 1.19. The van der Waals surface area contributed by atoms with Gasteiger partial charge in [-0.15, -0.1) is 0 Å². The van der Waals surface area contributed by atoms with Gasteiger partial charge in [0, 0.05) is 11.6 Å². The fourth-order valence-corrected chi connectivity index (χ4v) is 1.20. The van der Waals surface area contributed by atoms with Crippen LogP contribution >= 0.6 is 0 Å². The molecule has 6 heteroatoms. The van der Waals surface area contributed by atoms with Gasteiger partial charge in [-0.25, -0.2) is 18.2 Å². The second-order valence-electron chi connectivity index (χ2n) is 3.07. The number of halogens is 3. The highest BCUT2D eigenvalue weighted by Crippen LogP contribution is 2.22. The van der Waals surface area contributed by atoms with Crippen LogP contribution in [0.15, 0.2) is 24.5 Å². The zero-order valence-electron chi connectivity index (χ0n) is 7.92. The summed E-state index contributed by atoms with van der Waals surface area (Å²) in [5.74, 6) is -3.13. The molecule has 1 heterocycles. The van der Waals surface area contributed by atoms with Crippen molar-refractivity contribution >= 4 is 5.82 Å². The molecule has 1 aromatic carbocycles. The lowest BCUT2D eigenvalue weighted by atomic mass is 10.1. The summed E-state index contributed by atoms with van der Waals surface area (Å²) in [5.41, 5.74) is 5.22. The van der Waals surface area contributed by atoms with E-state index in [0.717, 1.165) is 6.07 Å². The normalized spacial score (nSPS) is 10.4. The average Bonchev–Trinajstić information content (AvgIpc) is 2.25. The van der Waals surface area contributed by atoms with Crippen LogP contribution in [0.4, 0.5) is 19.0 Å². The fraction of sp³-hybridized carbons (Fsp3) is 0. The molecule has 0 saturated heterocycles. The van der Waals surface area contributed by atoms with Gasteiger partial charge < -0.3 is 5.73 Å². The van der Waals surface area contributed by atoms with Crippen molar-refractivity contribution in [3.63, 3.8) is 0 Å². The second-order valence-corrected chi connectivity index (χ2v) is 3.07. The summed E-state index contributed by atoms with van der Waals surface area (Å²) < 4.78 is 38.9. The Bertz CT molecular complexity index is 526. The van der Waals surface area contributed by atoms with Crippen molar-refractivity contribution in [1.29, 1.82) is 0 Å². The molecule has 0 saturated carbocycles. The van der Waals surface area contributed by atoms with Crippen LogP contribution in [0, 0.1) is 17.5 Å². The third-order valence-electron chi connectivity index (χ3n) is 1.96. The summed E-state index contributed by atoms with van der Waals surface area (Å²) in [5, 5.41) is 0. The van der Waals surface area contributed by atoms with Crippen LogP contribution in [0.25, 0.3) is 11.3 Å². The lowest BCUT2D eigenvalue weighted by Gasteiger charge is -2.03. The van der Waals surface area contributed by atoms with E-state index in [1.54, 1.807) is 0 Å². The first-order valence-electron chi connectivity index (χ1n) is 4.30. The predicted octanol–water partition coefficient (Wildman–Crippen LogP) is 2.14. The molecule has 1 aromatic heterocycles. The summed E-state index contributed by atoms with van der Waals surface area (Å²) in [6.45, 7) is 0. The highest BCUT2D eigenvalue weighted by molar-refractivity contribution is 5.59. The van der Waals surface area contributed by atoms with Crippen LogP contribution in [-0.2, 0) is 0 Å². The molecule has 0 fully saturated rings. The SMILES string of the molecule is Nc1cnc(-c2cc(F)c(F)cc2F)cn1. The van der Waals surface area contributed by atoms with E-state index in [-0.39, 0.29) is 17.1 Å². The number of nitrogens with two attached hydrogens (primary N) is 1. The van der Waals surface area contributed by atoms with Gasteiger partial charge >= 0.3 is 0 Å². The molecular formula is C10H6F3N3. The van der Waals surface area contributed by atoms with Crippen molar-refractivity contribution in [3.8, 4) is 11.3 Å². The Kier molecular flexibility index (Phi) is 2.47. The monoisotopic (exact) mass is 225 g/mol. The molecule has 0 atom stereocenters. The zero-order valence-corrected chi connectivity index (χ0v) is 7.92. The molecule has 0 aliphatic rings. The number of benzene rings is 1. The van der Waals surface area contributed by atoms with E-state index in [9.17, 15) is 13.2 Å². The topological polar surface area (TPSA) is 51.8 Å². The van der Waals surface area contributed by atoms with Crippen molar-refractivity contribution in [2.45, 2.75) is 0 Å².